The molecule has 0 amide bonds. The molecule has 1 aromatic heterocycles. The lowest BCUT2D eigenvalue weighted by Gasteiger charge is -2.44. The maximum atomic E-state index is 13.5. The van der Waals surface area contributed by atoms with Gasteiger partial charge in [-0.25, -0.2) is 16.8 Å². The standard InChI is InChI=1S/C25H31N3O5S3/c1-20(2)19-35(30,31)28(22-7-4-3-5-8-22)18-23-17-26(36(32,33)25-9-6-16-34-25)14-15-27(23)21-10-12-24(29)13-11-21/h3-13,16,20,23,29H,14-15,17-19H2,1-2H3/t23-/m1/s1. The average molecular weight is 550 g/mol. The second-order valence-corrected chi connectivity index (χ2v) is 14.2. The van der Waals surface area contributed by atoms with Gasteiger partial charge in [0, 0.05) is 25.3 Å². The third-order valence-electron chi connectivity index (χ3n) is 6.02. The van der Waals surface area contributed by atoms with Crippen molar-refractivity contribution >= 4 is 42.8 Å². The molecule has 1 N–H and O–H groups in total. The van der Waals surface area contributed by atoms with Crippen LogP contribution in [0.25, 0.3) is 0 Å². The van der Waals surface area contributed by atoms with Crippen molar-refractivity contribution < 1.29 is 21.9 Å². The van der Waals surface area contributed by atoms with Gasteiger partial charge < -0.3 is 10.0 Å². The second-order valence-electron chi connectivity index (χ2n) is 9.20. The molecular formula is C25H31N3O5S3. The lowest BCUT2D eigenvalue weighted by molar-refractivity contribution is 0.335. The molecule has 36 heavy (non-hydrogen) atoms. The summed E-state index contributed by atoms with van der Waals surface area (Å²) in [6.45, 7) is 4.57. The molecule has 4 rings (SSSR count). The maximum Gasteiger partial charge on any atom is 0.252 e. The van der Waals surface area contributed by atoms with E-state index < -0.39 is 26.1 Å². The van der Waals surface area contributed by atoms with E-state index in [2.05, 4.69) is 0 Å². The number of piperazine rings is 1. The van der Waals surface area contributed by atoms with Crippen molar-refractivity contribution in [2.24, 2.45) is 5.92 Å². The topological polar surface area (TPSA) is 98.2 Å². The molecule has 1 aliphatic heterocycles. The van der Waals surface area contributed by atoms with Crippen LogP contribution in [0.4, 0.5) is 11.4 Å². The fourth-order valence-corrected chi connectivity index (χ4v) is 8.88. The van der Waals surface area contributed by atoms with Crippen LogP contribution in [0.2, 0.25) is 0 Å². The number of nitrogens with zero attached hydrogens (tertiary/aromatic N) is 3. The average Bonchev–Trinajstić information content (AvgIpc) is 3.39. The Hall–Kier alpha value is -2.60. The van der Waals surface area contributed by atoms with Crippen LogP contribution in [-0.4, -0.2) is 64.2 Å². The summed E-state index contributed by atoms with van der Waals surface area (Å²) in [7, 11) is -7.38. The van der Waals surface area contributed by atoms with Gasteiger partial charge >= 0.3 is 0 Å². The van der Waals surface area contributed by atoms with Gasteiger partial charge in [-0.15, -0.1) is 11.3 Å². The van der Waals surface area contributed by atoms with Crippen molar-refractivity contribution in [3.8, 4) is 5.75 Å². The first kappa shape index (κ1) is 26.5. The SMILES string of the molecule is CC(C)CS(=O)(=O)N(C[C@H]1CN(S(=O)(=O)c2cccs2)CCN1c1ccc(O)cc1)c1ccccc1. The fraction of sp³-hybridized carbons (Fsp3) is 0.360. The van der Waals surface area contributed by atoms with Gasteiger partial charge in [-0.2, -0.15) is 4.31 Å². The summed E-state index contributed by atoms with van der Waals surface area (Å²) in [4.78, 5) is 2.03. The van der Waals surface area contributed by atoms with Crippen LogP contribution in [-0.2, 0) is 20.0 Å². The van der Waals surface area contributed by atoms with E-state index in [1.165, 1.54) is 19.9 Å². The van der Waals surface area contributed by atoms with Crippen LogP contribution in [0.1, 0.15) is 13.8 Å². The fourth-order valence-electron chi connectivity index (χ4n) is 4.40. The lowest BCUT2D eigenvalue weighted by atomic mass is 10.1. The number of para-hydroxylation sites is 1. The summed E-state index contributed by atoms with van der Waals surface area (Å²) in [6, 6.07) is 18.4. The summed E-state index contributed by atoms with van der Waals surface area (Å²) in [5.41, 5.74) is 1.34. The number of thiophene rings is 1. The van der Waals surface area contributed by atoms with Crippen LogP contribution in [0, 0.1) is 5.92 Å². The highest BCUT2D eigenvalue weighted by Crippen LogP contribution is 2.30. The number of hydrogen-bond donors (Lipinski definition) is 1. The molecule has 3 aromatic rings. The summed E-state index contributed by atoms with van der Waals surface area (Å²) < 4.78 is 56.8. The third kappa shape index (κ3) is 5.86. The molecule has 1 aliphatic rings. The van der Waals surface area contributed by atoms with E-state index >= 15 is 0 Å². The Kier molecular flexibility index (Phi) is 7.93. The van der Waals surface area contributed by atoms with Crippen LogP contribution < -0.4 is 9.21 Å². The molecule has 194 valence electrons. The first-order valence-corrected chi connectivity index (χ1v) is 15.7. The van der Waals surface area contributed by atoms with Crippen molar-refractivity contribution in [1.29, 1.82) is 0 Å². The first-order chi connectivity index (χ1) is 17.1. The van der Waals surface area contributed by atoms with Gasteiger partial charge in [0.2, 0.25) is 10.0 Å². The Morgan fingerprint density at radius 3 is 2.28 bits per heavy atom. The lowest BCUT2D eigenvalue weighted by Crippen LogP contribution is -2.59. The number of sulfonamides is 2. The highest BCUT2D eigenvalue weighted by molar-refractivity contribution is 7.92. The number of benzene rings is 2. The van der Waals surface area contributed by atoms with E-state index in [1.54, 1.807) is 66.0 Å². The zero-order valence-corrected chi connectivity index (χ0v) is 22.7. The summed E-state index contributed by atoms with van der Waals surface area (Å²) >= 11 is 1.17. The van der Waals surface area contributed by atoms with Crippen molar-refractivity contribution in [3.05, 3.63) is 72.1 Å². The number of rotatable bonds is 9. The second kappa shape index (κ2) is 10.8. The zero-order valence-electron chi connectivity index (χ0n) is 20.3. The van der Waals surface area contributed by atoms with E-state index in [0.29, 0.717) is 12.2 Å². The quantitative estimate of drug-likeness (QED) is 0.436. The minimum absolute atomic E-state index is 0.0228. The molecule has 1 saturated heterocycles. The van der Waals surface area contributed by atoms with Gasteiger partial charge in [0.05, 0.1) is 24.0 Å². The molecule has 0 unspecified atom stereocenters. The van der Waals surface area contributed by atoms with Gasteiger partial charge in [0.15, 0.2) is 0 Å². The number of hydrogen-bond acceptors (Lipinski definition) is 7. The Morgan fingerprint density at radius 1 is 0.972 bits per heavy atom. The minimum Gasteiger partial charge on any atom is -0.508 e. The van der Waals surface area contributed by atoms with E-state index in [-0.39, 0.29) is 41.3 Å². The predicted molar refractivity (Wildman–Crippen MR) is 145 cm³/mol. The van der Waals surface area contributed by atoms with Crippen molar-refractivity contribution in [3.63, 3.8) is 0 Å². The van der Waals surface area contributed by atoms with Gasteiger partial charge in [0.1, 0.15) is 9.96 Å². The molecule has 0 saturated carbocycles. The molecule has 0 bridgehead atoms. The number of aromatic hydroxyl groups is 1. The van der Waals surface area contributed by atoms with Gasteiger partial charge in [-0.1, -0.05) is 38.1 Å². The van der Waals surface area contributed by atoms with Crippen molar-refractivity contribution in [2.45, 2.75) is 24.1 Å². The molecule has 2 heterocycles. The van der Waals surface area contributed by atoms with Crippen LogP contribution >= 0.6 is 11.3 Å². The molecule has 1 atom stereocenters. The zero-order chi connectivity index (χ0) is 25.9. The molecule has 0 spiro atoms. The predicted octanol–water partition coefficient (Wildman–Crippen LogP) is 3.83. The van der Waals surface area contributed by atoms with E-state index in [1.807, 2.05) is 24.8 Å². The molecule has 11 heteroatoms. The number of phenolic OH excluding ortho intramolecular Hbond substituents is 1. The third-order valence-corrected chi connectivity index (χ3v) is 11.4. The number of anilines is 2. The Labute approximate surface area is 217 Å². The Bertz CT molecular complexity index is 1340. The molecule has 8 nitrogen and oxygen atoms in total. The smallest absolute Gasteiger partial charge is 0.252 e. The van der Waals surface area contributed by atoms with Crippen molar-refractivity contribution in [2.75, 3.05) is 41.1 Å². The Balaban J connectivity index is 1.72. The van der Waals surface area contributed by atoms with Crippen molar-refractivity contribution in [1.82, 2.24) is 4.31 Å². The molecule has 1 fully saturated rings. The monoisotopic (exact) mass is 549 g/mol. The molecule has 0 radical (unpaired) electrons. The van der Waals surface area contributed by atoms with Crippen LogP contribution in [0.5, 0.6) is 5.75 Å². The highest BCUT2D eigenvalue weighted by Gasteiger charge is 2.37. The highest BCUT2D eigenvalue weighted by atomic mass is 32.2. The normalized spacial score (nSPS) is 17.4. The largest absolute Gasteiger partial charge is 0.508 e. The molecule has 2 aromatic carbocycles. The molecule has 0 aliphatic carbocycles. The Morgan fingerprint density at radius 2 is 1.67 bits per heavy atom. The first-order valence-electron chi connectivity index (χ1n) is 11.7. The van der Waals surface area contributed by atoms with Crippen LogP contribution in [0.3, 0.4) is 0 Å². The minimum atomic E-state index is -3.70. The van der Waals surface area contributed by atoms with Crippen LogP contribution in [0.15, 0.2) is 76.3 Å². The summed E-state index contributed by atoms with van der Waals surface area (Å²) in [6.07, 6.45) is 0. The van der Waals surface area contributed by atoms with Gasteiger partial charge in [-0.3, -0.25) is 4.31 Å². The summed E-state index contributed by atoms with van der Waals surface area (Å²) in [5, 5.41) is 11.5. The number of phenols is 1. The van der Waals surface area contributed by atoms with Gasteiger partial charge in [0.25, 0.3) is 10.0 Å². The van der Waals surface area contributed by atoms with E-state index in [0.717, 1.165) is 5.69 Å². The summed E-state index contributed by atoms with van der Waals surface area (Å²) in [5.74, 6) is 0.0292. The molecular weight excluding hydrogens is 518 g/mol. The van der Waals surface area contributed by atoms with Gasteiger partial charge in [-0.05, 0) is 53.8 Å². The van der Waals surface area contributed by atoms with E-state index in [4.69, 9.17) is 0 Å². The maximum absolute atomic E-state index is 13.5. The van der Waals surface area contributed by atoms with E-state index in [9.17, 15) is 21.9 Å².